The van der Waals surface area contributed by atoms with Crippen LogP contribution in [-0.2, 0) is 10.3 Å². The second kappa shape index (κ2) is 10.8. The van der Waals surface area contributed by atoms with E-state index in [0.29, 0.717) is 17.7 Å². The number of carbonyl (C=O) groups is 2. The van der Waals surface area contributed by atoms with Crippen LogP contribution >= 0.6 is 23.2 Å². The molecule has 39 heavy (non-hydrogen) atoms. The van der Waals surface area contributed by atoms with Crippen molar-refractivity contribution in [3.05, 3.63) is 99.0 Å². The number of nitrogens with one attached hydrogen (secondary N) is 2. The number of carboxylic acids is 1. The molecule has 1 fully saturated rings. The summed E-state index contributed by atoms with van der Waals surface area (Å²) in [5.41, 5.74) is 6.48. The highest BCUT2D eigenvalue weighted by Crippen LogP contribution is 2.49. The van der Waals surface area contributed by atoms with Gasteiger partial charge in [-0.2, -0.15) is 0 Å². The van der Waals surface area contributed by atoms with Gasteiger partial charge in [0.05, 0.1) is 22.2 Å². The lowest BCUT2D eigenvalue weighted by Gasteiger charge is -2.39. The van der Waals surface area contributed by atoms with Gasteiger partial charge in [0.1, 0.15) is 11.6 Å². The minimum atomic E-state index is -1.47. The molecular weight excluding hydrogens is 547 g/mol. The zero-order valence-electron chi connectivity index (χ0n) is 21.6. The van der Waals surface area contributed by atoms with Gasteiger partial charge >= 0.3 is 5.97 Å². The van der Waals surface area contributed by atoms with Crippen LogP contribution in [0.2, 0.25) is 10.0 Å². The van der Waals surface area contributed by atoms with E-state index in [4.69, 9.17) is 28.9 Å². The fourth-order valence-electron chi connectivity index (χ4n) is 5.30. The van der Waals surface area contributed by atoms with E-state index in [2.05, 4.69) is 10.6 Å². The van der Waals surface area contributed by atoms with E-state index in [1.54, 1.807) is 0 Å². The summed E-state index contributed by atoms with van der Waals surface area (Å²) in [6.45, 7) is 6.03. The third kappa shape index (κ3) is 5.94. The first-order chi connectivity index (χ1) is 18.2. The maximum Gasteiger partial charge on any atom is 0.335 e. The molecule has 0 aromatic heterocycles. The number of carboxylic acid groups (broad SMARTS) is 1. The predicted molar refractivity (Wildman–Crippen MR) is 148 cm³/mol. The van der Waals surface area contributed by atoms with Crippen molar-refractivity contribution in [2.24, 2.45) is 11.1 Å². The summed E-state index contributed by atoms with van der Waals surface area (Å²) in [4.78, 5) is 25.0. The molecule has 1 heterocycles. The third-order valence-corrected chi connectivity index (χ3v) is 7.53. The molecule has 3 aromatic carbocycles. The minimum Gasteiger partial charge on any atom is -0.478 e. The first-order valence-electron chi connectivity index (χ1n) is 12.3. The highest BCUT2D eigenvalue weighted by atomic mass is 35.5. The number of hydrogen-bond acceptors (Lipinski definition) is 4. The number of rotatable bonds is 6. The highest BCUT2D eigenvalue weighted by Gasteiger charge is 2.57. The van der Waals surface area contributed by atoms with Crippen LogP contribution in [0.15, 0.2) is 60.7 Å². The van der Waals surface area contributed by atoms with E-state index < -0.39 is 47.1 Å². The summed E-state index contributed by atoms with van der Waals surface area (Å²) in [5.74, 6) is -3.73. The molecule has 4 atom stereocenters. The summed E-state index contributed by atoms with van der Waals surface area (Å²) < 4.78 is 29.7. The number of anilines is 1. The van der Waals surface area contributed by atoms with Crippen LogP contribution in [0.4, 0.5) is 14.5 Å². The number of hydrogen-bond donors (Lipinski definition) is 4. The number of halogens is 4. The quantitative estimate of drug-likeness (QED) is 0.275. The van der Waals surface area contributed by atoms with Gasteiger partial charge in [-0.05, 0) is 65.9 Å². The SMILES string of the molecule is CC(C)(C)C[C@@H]1N[C@@H](C(=O)Nc2ccc(C(=O)O)cc2)[C@H](c2ccc(F)c(Cl)c2)[C@@]1(N)c1ccc(Cl)cc1F. The maximum absolute atomic E-state index is 15.5. The van der Waals surface area contributed by atoms with Crippen molar-refractivity contribution in [3.8, 4) is 0 Å². The molecule has 0 bridgehead atoms. The Labute approximate surface area is 235 Å². The number of nitrogens with two attached hydrogens (primary N) is 1. The van der Waals surface area contributed by atoms with E-state index in [1.807, 2.05) is 20.8 Å². The monoisotopic (exact) mass is 575 g/mol. The first kappa shape index (κ1) is 29.0. The predicted octanol–water partition coefficient (Wildman–Crippen LogP) is 6.32. The van der Waals surface area contributed by atoms with Crippen molar-refractivity contribution in [2.45, 2.75) is 50.7 Å². The van der Waals surface area contributed by atoms with Crippen molar-refractivity contribution >= 4 is 40.8 Å². The van der Waals surface area contributed by atoms with Crippen LogP contribution < -0.4 is 16.4 Å². The molecule has 1 aliphatic heterocycles. The van der Waals surface area contributed by atoms with Crippen LogP contribution in [0, 0.1) is 17.0 Å². The molecule has 6 nitrogen and oxygen atoms in total. The summed E-state index contributed by atoms with van der Waals surface area (Å²) in [6.07, 6.45) is 0.466. The number of carbonyl (C=O) groups excluding carboxylic acids is 1. The first-order valence-corrected chi connectivity index (χ1v) is 13.1. The smallest absolute Gasteiger partial charge is 0.335 e. The molecule has 3 aromatic rings. The van der Waals surface area contributed by atoms with Crippen molar-refractivity contribution < 1.29 is 23.5 Å². The van der Waals surface area contributed by atoms with Crippen LogP contribution in [-0.4, -0.2) is 29.1 Å². The Morgan fingerprint density at radius 1 is 1.03 bits per heavy atom. The molecule has 4 rings (SSSR count). The van der Waals surface area contributed by atoms with Crippen LogP contribution in [0.25, 0.3) is 0 Å². The van der Waals surface area contributed by atoms with Gasteiger partial charge in [-0.15, -0.1) is 0 Å². The molecule has 206 valence electrons. The maximum atomic E-state index is 15.5. The average molecular weight is 576 g/mol. The lowest BCUT2D eigenvalue weighted by atomic mass is 9.68. The third-order valence-electron chi connectivity index (χ3n) is 7.00. The van der Waals surface area contributed by atoms with Gasteiger partial charge in [-0.25, -0.2) is 13.6 Å². The highest BCUT2D eigenvalue weighted by molar-refractivity contribution is 6.31. The lowest BCUT2D eigenvalue weighted by molar-refractivity contribution is -0.118. The van der Waals surface area contributed by atoms with E-state index in [9.17, 15) is 19.1 Å². The van der Waals surface area contributed by atoms with Crippen molar-refractivity contribution in [3.63, 3.8) is 0 Å². The molecule has 0 spiro atoms. The zero-order chi connectivity index (χ0) is 28.7. The zero-order valence-corrected chi connectivity index (χ0v) is 23.1. The molecule has 0 radical (unpaired) electrons. The molecule has 1 aliphatic rings. The Hall–Kier alpha value is -3.04. The van der Waals surface area contributed by atoms with Crippen molar-refractivity contribution in [2.75, 3.05) is 5.32 Å². The Morgan fingerprint density at radius 2 is 1.69 bits per heavy atom. The summed E-state index contributed by atoms with van der Waals surface area (Å²) in [7, 11) is 0. The Kier molecular flexibility index (Phi) is 8.06. The summed E-state index contributed by atoms with van der Waals surface area (Å²) in [5, 5.41) is 15.4. The van der Waals surface area contributed by atoms with Gasteiger partial charge in [0.2, 0.25) is 5.91 Å². The van der Waals surface area contributed by atoms with Crippen LogP contribution in [0.1, 0.15) is 54.6 Å². The number of amides is 1. The second-order valence-electron chi connectivity index (χ2n) is 11.0. The fourth-order valence-corrected chi connectivity index (χ4v) is 5.64. The van der Waals surface area contributed by atoms with Crippen LogP contribution in [0.5, 0.6) is 0 Å². The van der Waals surface area contributed by atoms with Gasteiger partial charge in [-0.3, -0.25) is 4.79 Å². The van der Waals surface area contributed by atoms with Crippen molar-refractivity contribution in [1.29, 1.82) is 0 Å². The van der Waals surface area contributed by atoms with Gasteiger partial charge in [0.15, 0.2) is 0 Å². The molecule has 1 saturated heterocycles. The standard InChI is InChI=1S/C29H29Cl2F2N3O3/c1-28(2,3)14-23-29(34,19-10-7-17(30)13-22(19)33)24(16-6-11-21(32)20(31)12-16)25(36-23)26(37)35-18-8-4-15(5-9-18)27(38)39/h4-13,23-25,36H,14,34H2,1-3H3,(H,35,37)(H,38,39)/t23-,24-,25+,29+/m0/s1. The number of benzene rings is 3. The minimum absolute atomic E-state index is 0.0650. The Bertz CT molecular complexity index is 1410. The second-order valence-corrected chi connectivity index (χ2v) is 11.9. The molecule has 10 heteroatoms. The molecule has 1 amide bonds. The van der Waals surface area contributed by atoms with E-state index in [1.165, 1.54) is 60.7 Å². The molecule has 0 aliphatic carbocycles. The van der Waals surface area contributed by atoms with Crippen LogP contribution in [0.3, 0.4) is 0 Å². The van der Waals surface area contributed by atoms with E-state index >= 15 is 4.39 Å². The van der Waals surface area contributed by atoms with Gasteiger partial charge in [0.25, 0.3) is 0 Å². The Balaban J connectivity index is 1.85. The number of aromatic carboxylic acids is 1. The van der Waals surface area contributed by atoms with Gasteiger partial charge < -0.3 is 21.5 Å². The van der Waals surface area contributed by atoms with Gasteiger partial charge in [0, 0.05) is 28.2 Å². The van der Waals surface area contributed by atoms with E-state index in [0.717, 1.165) is 0 Å². The molecule has 5 N–H and O–H groups in total. The lowest BCUT2D eigenvalue weighted by Crippen LogP contribution is -2.52. The largest absolute Gasteiger partial charge is 0.478 e. The Morgan fingerprint density at radius 3 is 2.26 bits per heavy atom. The topological polar surface area (TPSA) is 104 Å². The van der Waals surface area contributed by atoms with Crippen molar-refractivity contribution in [1.82, 2.24) is 5.32 Å². The fraction of sp³-hybridized carbons (Fsp3) is 0.310. The molecule has 0 saturated carbocycles. The summed E-state index contributed by atoms with van der Waals surface area (Å²) >= 11 is 12.2. The average Bonchev–Trinajstić information content (AvgIpc) is 3.12. The summed E-state index contributed by atoms with van der Waals surface area (Å²) in [6, 6.07) is 12.4. The molecule has 0 unspecified atom stereocenters. The normalized spacial score (nSPS) is 23.0. The van der Waals surface area contributed by atoms with E-state index in [-0.39, 0.29) is 26.6 Å². The van der Waals surface area contributed by atoms with Gasteiger partial charge in [-0.1, -0.05) is 56.1 Å². The molecular formula is C29H29Cl2F2N3O3.